The smallest absolute Gasteiger partial charge is 0.0258 e. The fourth-order valence-corrected chi connectivity index (χ4v) is 3.70. The number of hydrogen-bond acceptors (Lipinski definition) is 1. The van der Waals surface area contributed by atoms with E-state index in [1.165, 1.54) is 28.7 Å². The second-order valence-corrected chi connectivity index (χ2v) is 5.62. The predicted octanol–water partition coefficient (Wildman–Crippen LogP) is 3.44. The minimum Gasteiger partial charge on any atom is -0.330 e. The van der Waals surface area contributed by atoms with Gasteiger partial charge in [0.25, 0.3) is 0 Å². The highest BCUT2D eigenvalue weighted by Gasteiger charge is 2.57. The second kappa shape index (κ2) is 3.82. The summed E-state index contributed by atoms with van der Waals surface area (Å²) in [5.41, 5.74) is 11.7. The molecule has 2 aliphatic carbocycles. The van der Waals surface area contributed by atoms with Crippen LogP contribution in [-0.4, -0.2) is 6.54 Å². The van der Waals surface area contributed by atoms with E-state index in [0.717, 1.165) is 6.54 Å². The third-order valence-electron chi connectivity index (χ3n) is 4.71. The lowest BCUT2D eigenvalue weighted by molar-refractivity contribution is 0.702. The molecule has 2 aromatic carbocycles. The van der Waals surface area contributed by atoms with Gasteiger partial charge >= 0.3 is 0 Å². The first-order valence-electron chi connectivity index (χ1n) is 6.93. The zero-order valence-electron chi connectivity index (χ0n) is 10.8. The Hall–Kier alpha value is -1.86. The Morgan fingerprint density at radius 1 is 0.895 bits per heavy atom. The number of fused-ring (bicyclic) bond motifs is 4. The first-order valence-corrected chi connectivity index (χ1v) is 6.93. The lowest BCUT2D eigenvalue weighted by atomic mass is 9.82. The van der Waals surface area contributed by atoms with Crippen molar-refractivity contribution in [1.29, 1.82) is 0 Å². The van der Waals surface area contributed by atoms with Crippen LogP contribution >= 0.6 is 0 Å². The largest absolute Gasteiger partial charge is 0.330 e. The molecule has 4 rings (SSSR count). The minimum absolute atomic E-state index is 0.158. The first-order chi connectivity index (χ1) is 9.36. The fourth-order valence-electron chi connectivity index (χ4n) is 3.70. The summed E-state index contributed by atoms with van der Waals surface area (Å²) in [6, 6.07) is 17.5. The molecule has 0 aromatic heterocycles. The number of hydrogen-bond donors (Lipinski definition) is 1. The summed E-state index contributed by atoms with van der Waals surface area (Å²) in [5.74, 6) is 0.578. The van der Waals surface area contributed by atoms with Crippen LogP contribution in [0.3, 0.4) is 0 Å². The topological polar surface area (TPSA) is 26.0 Å². The first kappa shape index (κ1) is 11.0. The van der Waals surface area contributed by atoms with Crippen molar-refractivity contribution >= 4 is 12.2 Å². The van der Waals surface area contributed by atoms with Crippen LogP contribution in [-0.2, 0) is 5.41 Å². The van der Waals surface area contributed by atoms with Crippen LogP contribution in [0.2, 0.25) is 0 Å². The number of rotatable bonds is 1. The molecule has 1 fully saturated rings. The molecule has 1 nitrogen and oxygen atoms in total. The fraction of sp³-hybridized carbons (Fsp3) is 0.222. The third kappa shape index (κ3) is 1.39. The summed E-state index contributed by atoms with van der Waals surface area (Å²) in [6.07, 6.45) is 5.67. The lowest BCUT2D eigenvalue weighted by Gasteiger charge is -2.21. The molecule has 0 amide bonds. The number of benzene rings is 2. The Balaban J connectivity index is 2.03. The molecule has 0 saturated heterocycles. The monoisotopic (exact) mass is 247 g/mol. The summed E-state index contributed by atoms with van der Waals surface area (Å²) in [4.78, 5) is 0. The van der Waals surface area contributed by atoms with Gasteiger partial charge in [-0.1, -0.05) is 60.7 Å². The van der Waals surface area contributed by atoms with Crippen LogP contribution in [0.1, 0.15) is 28.7 Å². The summed E-state index contributed by atoms with van der Waals surface area (Å²) < 4.78 is 0. The minimum atomic E-state index is 0.158. The average Bonchev–Trinajstić information content (AvgIpc) is 3.23. The van der Waals surface area contributed by atoms with Gasteiger partial charge in [0.15, 0.2) is 0 Å². The van der Waals surface area contributed by atoms with Gasteiger partial charge in [-0.25, -0.2) is 0 Å². The van der Waals surface area contributed by atoms with Crippen molar-refractivity contribution in [3.05, 3.63) is 70.8 Å². The van der Waals surface area contributed by atoms with E-state index < -0.39 is 0 Å². The van der Waals surface area contributed by atoms with Crippen LogP contribution in [0.15, 0.2) is 48.5 Å². The lowest BCUT2D eigenvalue weighted by Crippen LogP contribution is -2.18. The van der Waals surface area contributed by atoms with Crippen molar-refractivity contribution in [1.82, 2.24) is 0 Å². The highest BCUT2D eigenvalue weighted by molar-refractivity contribution is 5.79. The van der Waals surface area contributed by atoms with Crippen LogP contribution in [0, 0.1) is 5.92 Å². The van der Waals surface area contributed by atoms with Crippen molar-refractivity contribution in [2.45, 2.75) is 11.8 Å². The molecule has 0 aliphatic heterocycles. The van der Waals surface area contributed by atoms with Crippen molar-refractivity contribution < 1.29 is 0 Å². The van der Waals surface area contributed by atoms with Gasteiger partial charge in [0, 0.05) is 5.41 Å². The van der Waals surface area contributed by atoms with Gasteiger partial charge < -0.3 is 5.73 Å². The molecule has 0 bridgehead atoms. The zero-order chi connectivity index (χ0) is 12.9. The molecule has 1 saturated carbocycles. The second-order valence-electron chi connectivity index (χ2n) is 5.62. The van der Waals surface area contributed by atoms with Crippen LogP contribution < -0.4 is 5.73 Å². The van der Waals surface area contributed by atoms with Gasteiger partial charge in [0.2, 0.25) is 0 Å². The molecule has 19 heavy (non-hydrogen) atoms. The highest BCUT2D eigenvalue weighted by atomic mass is 14.7. The maximum atomic E-state index is 5.98. The van der Waals surface area contributed by atoms with Gasteiger partial charge in [-0.05, 0) is 41.1 Å². The van der Waals surface area contributed by atoms with E-state index in [1.807, 2.05) is 0 Å². The molecule has 1 heteroatoms. The van der Waals surface area contributed by atoms with Crippen molar-refractivity contribution in [3.8, 4) is 0 Å². The summed E-state index contributed by atoms with van der Waals surface area (Å²) in [6.45, 7) is 0.767. The van der Waals surface area contributed by atoms with E-state index in [1.54, 1.807) is 0 Å². The summed E-state index contributed by atoms with van der Waals surface area (Å²) in [7, 11) is 0. The van der Waals surface area contributed by atoms with Gasteiger partial charge in [-0.2, -0.15) is 0 Å². The molecule has 2 aliphatic rings. The molecule has 1 unspecified atom stereocenters. The van der Waals surface area contributed by atoms with Crippen LogP contribution in [0.25, 0.3) is 12.2 Å². The Morgan fingerprint density at radius 2 is 1.42 bits per heavy atom. The van der Waals surface area contributed by atoms with E-state index in [-0.39, 0.29) is 5.41 Å². The van der Waals surface area contributed by atoms with Crippen LogP contribution in [0.4, 0.5) is 0 Å². The standard InChI is InChI=1S/C18H17N/c19-12-15-11-18(15)16-7-3-1-5-13(16)9-10-14-6-2-4-8-17(14)18/h1-10,15H,11-12,19H2. The van der Waals surface area contributed by atoms with E-state index in [0.29, 0.717) is 5.92 Å². The van der Waals surface area contributed by atoms with E-state index >= 15 is 0 Å². The molecule has 2 N–H and O–H groups in total. The molecule has 1 atom stereocenters. The van der Waals surface area contributed by atoms with E-state index in [9.17, 15) is 0 Å². The third-order valence-corrected chi connectivity index (χ3v) is 4.71. The predicted molar refractivity (Wildman–Crippen MR) is 79.8 cm³/mol. The number of nitrogens with two attached hydrogens (primary N) is 1. The van der Waals surface area contributed by atoms with Gasteiger partial charge in [0.05, 0.1) is 0 Å². The Bertz CT molecular complexity index is 619. The zero-order valence-corrected chi connectivity index (χ0v) is 10.8. The quantitative estimate of drug-likeness (QED) is 0.821. The highest BCUT2D eigenvalue weighted by Crippen LogP contribution is 2.60. The SMILES string of the molecule is NCC1CC12c1ccccc1C=Cc1ccccc12. The molecular formula is C18H17N. The van der Waals surface area contributed by atoms with E-state index in [2.05, 4.69) is 60.7 Å². The maximum absolute atomic E-state index is 5.98. The van der Waals surface area contributed by atoms with Crippen molar-refractivity contribution in [2.75, 3.05) is 6.54 Å². The van der Waals surface area contributed by atoms with E-state index in [4.69, 9.17) is 5.73 Å². The van der Waals surface area contributed by atoms with Crippen molar-refractivity contribution in [3.63, 3.8) is 0 Å². The summed E-state index contributed by atoms with van der Waals surface area (Å²) in [5, 5.41) is 0. The molecule has 0 heterocycles. The molecular weight excluding hydrogens is 230 g/mol. The molecule has 2 aromatic rings. The molecule has 94 valence electrons. The van der Waals surface area contributed by atoms with Gasteiger partial charge in [-0.3, -0.25) is 0 Å². The van der Waals surface area contributed by atoms with Crippen molar-refractivity contribution in [2.24, 2.45) is 11.7 Å². The maximum Gasteiger partial charge on any atom is 0.0258 e. The Labute approximate surface area is 113 Å². The van der Waals surface area contributed by atoms with Crippen LogP contribution in [0.5, 0.6) is 0 Å². The molecule has 1 spiro atoms. The molecule has 0 radical (unpaired) electrons. The average molecular weight is 247 g/mol. The van der Waals surface area contributed by atoms with Gasteiger partial charge in [-0.15, -0.1) is 0 Å². The summed E-state index contributed by atoms with van der Waals surface area (Å²) >= 11 is 0. The Morgan fingerprint density at radius 3 is 1.89 bits per heavy atom. The normalized spacial score (nSPS) is 21.6. The Kier molecular flexibility index (Phi) is 2.21. The van der Waals surface area contributed by atoms with Gasteiger partial charge in [0.1, 0.15) is 0 Å².